The van der Waals surface area contributed by atoms with Crippen molar-refractivity contribution in [1.82, 2.24) is 14.8 Å². The third kappa shape index (κ3) is 7.98. The number of nitrogens with zero attached hydrogens (tertiary/aromatic N) is 3. The summed E-state index contributed by atoms with van der Waals surface area (Å²) < 4.78 is 48.9. The number of urea groups is 1. The van der Waals surface area contributed by atoms with Crippen molar-refractivity contribution < 1.29 is 27.4 Å². The molecule has 0 unspecified atom stereocenters. The highest BCUT2D eigenvalue weighted by Gasteiger charge is 2.31. The Labute approximate surface area is 221 Å². The fourth-order valence-corrected chi connectivity index (χ4v) is 4.85. The van der Waals surface area contributed by atoms with Crippen LogP contribution in [0.1, 0.15) is 12.0 Å². The Morgan fingerprint density at radius 2 is 1.81 bits per heavy atom. The van der Waals surface area contributed by atoms with Crippen molar-refractivity contribution in [3.05, 3.63) is 69.3 Å². The van der Waals surface area contributed by atoms with Crippen molar-refractivity contribution in [1.29, 1.82) is 0 Å². The van der Waals surface area contributed by atoms with Crippen LogP contribution in [0, 0.1) is 0 Å². The molecule has 0 aliphatic carbocycles. The van der Waals surface area contributed by atoms with Gasteiger partial charge in [0.05, 0.1) is 25.5 Å². The topological polar surface area (TPSA) is 68.1 Å². The Kier molecular flexibility index (Phi) is 9.12. The van der Waals surface area contributed by atoms with Gasteiger partial charge in [-0.25, -0.2) is 4.79 Å². The van der Waals surface area contributed by atoms with Crippen LogP contribution in [0.25, 0.3) is 11.3 Å². The van der Waals surface area contributed by atoms with E-state index in [0.29, 0.717) is 57.4 Å². The Balaban J connectivity index is 1.49. The molecule has 1 aromatic heterocycles. The molecule has 0 atom stereocenters. The minimum Gasteiger partial charge on any atom is -0.406 e. The number of nitrogens with one attached hydrogen (secondary N) is 1. The van der Waals surface area contributed by atoms with E-state index in [4.69, 9.17) is 21.3 Å². The molecule has 7 nitrogen and oxygen atoms in total. The molecular formula is C25H26ClF3N4O3S. The Bertz CT molecular complexity index is 1240. The quantitative estimate of drug-likeness (QED) is 0.384. The van der Waals surface area contributed by atoms with Crippen molar-refractivity contribution >= 4 is 29.0 Å². The largest absolute Gasteiger partial charge is 0.573 e. The van der Waals surface area contributed by atoms with Crippen molar-refractivity contribution in [3.63, 3.8) is 0 Å². The average molecular weight is 555 g/mol. The van der Waals surface area contributed by atoms with Gasteiger partial charge in [-0.3, -0.25) is 4.99 Å². The lowest BCUT2D eigenvalue weighted by atomic mass is 10.1. The summed E-state index contributed by atoms with van der Waals surface area (Å²) in [6, 6.07) is 13.1. The molecule has 198 valence electrons. The van der Waals surface area contributed by atoms with E-state index in [2.05, 4.69) is 10.1 Å². The van der Waals surface area contributed by atoms with Crippen LogP contribution in [0.15, 0.2) is 58.9 Å². The van der Waals surface area contributed by atoms with Gasteiger partial charge in [0, 0.05) is 36.6 Å². The zero-order valence-electron chi connectivity index (χ0n) is 19.8. The van der Waals surface area contributed by atoms with Gasteiger partial charge < -0.3 is 24.3 Å². The molecular weight excluding hydrogens is 529 g/mol. The molecule has 4 rings (SSSR count). The summed E-state index contributed by atoms with van der Waals surface area (Å²) in [5.74, 6) is -0.281. The molecule has 1 aliphatic heterocycles. The van der Waals surface area contributed by atoms with Gasteiger partial charge in [0.1, 0.15) is 5.75 Å². The number of benzene rings is 2. The van der Waals surface area contributed by atoms with Gasteiger partial charge in [-0.1, -0.05) is 23.7 Å². The van der Waals surface area contributed by atoms with Crippen LogP contribution < -0.4 is 14.9 Å². The predicted octanol–water partition coefficient (Wildman–Crippen LogP) is 5.30. The zero-order chi connectivity index (χ0) is 26.3. The van der Waals surface area contributed by atoms with Gasteiger partial charge in [0.15, 0.2) is 4.80 Å². The van der Waals surface area contributed by atoms with Crippen LogP contribution in [0.2, 0.25) is 5.02 Å². The van der Waals surface area contributed by atoms with Crippen LogP contribution in [0.5, 0.6) is 5.75 Å². The average Bonchev–Trinajstić information content (AvgIpc) is 3.29. The molecule has 0 bridgehead atoms. The molecule has 1 N–H and O–H groups in total. The summed E-state index contributed by atoms with van der Waals surface area (Å²) in [5.41, 5.74) is 2.55. The molecule has 2 heterocycles. The van der Waals surface area contributed by atoms with Gasteiger partial charge in [-0.15, -0.1) is 24.5 Å². The highest BCUT2D eigenvalue weighted by atomic mass is 35.5. The van der Waals surface area contributed by atoms with Crippen molar-refractivity contribution in [2.75, 3.05) is 32.8 Å². The minimum absolute atomic E-state index is 0.119. The maximum atomic E-state index is 12.5. The van der Waals surface area contributed by atoms with E-state index >= 15 is 0 Å². The van der Waals surface area contributed by atoms with Gasteiger partial charge in [0.25, 0.3) is 0 Å². The number of halogens is 4. The standard InChI is InChI=1S/C25H26ClF3N4O3S/c26-20-6-2-18(3-7-20)16-31-24-33(11-1-10-30-23(34)32-12-14-35-15-13-32)22(17-37-24)19-4-8-21(9-5-19)36-25(27,28)29/h2-9,17H,1,10-16H2,(H,30,34). The lowest BCUT2D eigenvalue weighted by Crippen LogP contribution is -2.46. The van der Waals surface area contributed by atoms with Crippen LogP contribution in [0.4, 0.5) is 18.0 Å². The molecule has 2 amide bonds. The monoisotopic (exact) mass is 554 g/mol. The number of hydrogen-bond donors (Lipinski definition) is 1. The zero-order valence-corrected chi connectivity index (χ0v) is 21.4. The molecule has 0 radical (unpaired) electrons. The second-order valence-electron chi connectivity index (χ2n) is 8.25. The lowest BCUT2D eigenvalue weighted by Gasteiger charge is -2.26. The predicted molar refractivity (Wildman–Crippen MR) is 136 cm³/mol. The smallest absolute Gasteiger partial charge is 0.406 e. The van der Waals surface area contributed by atoms with E-state index in [0.717, 1.165) is 21.6 Å². The van der Waals surface area contributed by atoms with Crippen LogP contribution in [0.3, 0.4) is 0 Å². The number of rotatable bonds is 8. The fraction of sp³-hybridized carbons (Fsp3) is 0.360. The van der Waals surface area contributed by atoms with Gasteiger partial charge in [-0.2, -0.15) is 0 Å². The summed E-state index contributed by atoms with van der Waals surface area (Å²) >= 11 is 7.42. The first-order valence-corrected chi connectivity index (χ1v) is 12.9. The number of aromatic nitrogens is 1. The fourth-order valence-electron chi connectivity index (χ4n) is 3.79. The maximum absolute atomic E-state index is 12.5. The third-order valence-corrected chi connectivity index (χ3v) is 6.78. The summed E-state index contributed by atoms with van der Waals surface area (Å²) in [4.78, 5) is 19.6. The SMILES string of the molecule is O=C(NCCCn1c(-c2ccc(OC(F)(F)F)cc2)csc1=NCc1ccc(Cl)cc1)N1CCOCC1. The molecule has 3 aromatic rings. The Morgan fingerprint density at radius 1 is 1.11 bits per heavy atom. The van der Waals surface area contributed by atoms with E-state index in [1.54, 1.807) is 17.0 Å². The van der Waals surface area contributed by atoms with E-state index < -0.39 is 6.36 Å². The first-order chi connectivity index (χ1) is 17.8. The Hall–Kier alpha value is -3.02. The summed E-state index contributed by atoms with van der Waals surface area (Å²) in [6.45, 7) is 3.67. The number of carbonyl (C=O) groups is 1. The molecule has 1 saturated heterocycles. The summed E-state index contributed by atoms with van der Waals surface area (Å²) in [5, 5.41) is 5.51. The van der Waals surface area contributed by atoms with Gasteiger partial charge in [-0.05, 0) is 53.9 Å². The first-order valence-electron chi connectivity index (χ1n) is 11.7. The Morgan fingerprint density at radius 3 is 2.49 bits per heavy atom. The minimum atomic E-state index is -4.75. The number of morpholine rings is 1. The number of carbonyl (C=O) groups excluding carboxylic acids is 1. The molecule has 1 fully saturated rings. The van der Waals surface area contributed by atoms with Crippen LogP contribution in [-0.2, 0) is 17.8 Å². The van der Waals surface area contributed by atoms with Gasteiger partial charge >= 0.3 is 12.4 Å². The second kappa shape index (κ2) is 12.5. The third-order valence-electron chi connectivity index (χ3n) is 5.62. The van der Waals surface area contributed by atoms with Crippen molar-refractivity contribution in [2.24, 2.45) is 4.99 Å². The van der Waals surface area contributed by atoms with E-state index in [1.165, 1.54) is 23.5 Å². The maximum Gasteiger partial charge on any atom is 0.573 e. The number of thiazole rings is 1. The summed E-state index contributed by atoms with van der Waals surface area (Å²) in [7, 11) is 0. The lowest BCUT2D eigenvalue weighted by molar-refractivity contribution is -0.274. The highest BCUT2D eigenvalue weighted by Crippen LogP contribution is 2.27. The van der Waals surface area contributed by atoms with Crippen LogP contribution >= 0.6 is 22.9 Å². The number of amides is 2. The van der Waals surface area contributed by atoms with Crippen LogP contribution in [-0.4, -0.2) is 54.7 Å². The van der Waals surface area contributed by atoms with Crippen molar-refractivity contribution in [3.8, 4) is 17.0 Å². The molecule has 0 spiro atoms. The first kappa shape index (κ1) is 27.0. The highest BCUT2D eigenvalue weighted by molar-refractivity contribution is 7.07. The number of ether oxygens (including phenoxy) is 2. The normalized spacial score (nSPS) is 14.6. The van der Waals surface area contributed by atoms with E-state index in [9.17, 15) is 18.0 Å². The number of alkyl halides is 3. The van der Waals surface area contributed by atoms with Gasteiger partial charge in [0.2, 0.25) is 0 Å². The molecule has 1 aliphatic rings. The summed E-state index contributed by atoms with van der Waals surface area (Å²) in [6.07, 6.45) is -4.10. The second-order valence-corrected chi connectivity index (χ2v) is 9.53. The molecule has 2 aromatic carbocycles. The molecule has 12 heteroatoms. The van der Waals surface area contributed by atoms with E-state index in [-0.39, 0.29) is 11.8 Å². The number of hydrogen-bond acceptors (Lipinski definition) is 5. The van der Waals surface area contributed by atoms with Crippen molar-refractivity contribution in [2.45, 2.75) is 25.9 Å². The molecule has 37 heavy (non-hydrogen) atoms. The molecule has 0 saturated carbocycles. The van der Waals surface area contributed by atoms with E-state index in [1.807, 2.05) is 34.2 Å².